The van der Waals surface area contributed by atoms with E-state index in [2.05, 4.69) is 0 Å². The van der Waals surface area contributed by atoms with Crippen LogP contribution >= 0.6 is 0 Å². The Morgan fingerprint density at radius 3 is 3.09 bits per heavy atom. The molecule has 64 valence electrons. The van der Waals surface area contributed by atoms with Gasteiger partial charge in [0.1, 0.15) is 6.29 Å². The highest BCUT2D eigenvalue weighted by Gasteiger charge is 2.21. The standard InChI is InChI=1S/C8H14O3/c9-4-3-8(10)7-2-1-5-11-6-7/h4,7-8,10H,1-3,5-6H2. The van der Waals surface area contributed by atoms with Crippen molar-refractivity contribution in [1.82, 2.24) is 0 Å². The molecule has 1 heterocycles. The summed E-state index contributed by atoms with van der Waals surface area (Å²) in [5.41, 5.74) is 0. The molecule has 0 aromatic rings. The van der Waals surface area contributed by atoms with Crippen LogP contribution in [-0.2, 0) is 9.53 Å². The molecule has 0 saturated carbocycles. The van der Waals surface area contributed by atoms with Crippen LogP contribution in [0.4, 0.5) is 0 Å². The maximum absolute atomic E-state index is 10.1. The Kier molecular flexibility index (Phi) is 3.52. The maximum Gasteiger partial charge on any atom is 0.122 e. The Labute approximate surface area is 66.4 Å². The molecule has 0 radical (unpaired) electrons. The molecule has 11 heavy (non-hydrogen) atoms. The van der Waals surface area contributed by atoms with Gasteiger partial charge in [-0.2, -0.15) is 0 Å². The Balaban J connectivity index is 2.26. The number of hydrogen-bond acceptors (Lipinski definition) is 3. The second-order valence-corrected chi connectivity index (χ2v) is 2.95. The van der Waals surface area contributed by atoms with Crippen LogP contribution in [0.3, 0.4) is 0 Å². The summed E-state index contributed by atoms with van der Waals surface area (Å²) in [4.78, 5) is 10.1. The Bertz CT molecular complexity index is 119. The second-order valence-electron chi connectivity index (χ2n) is 2.95. The van der Waals surface area contributed by atoms with Crippen molar-refractivity contribution in [3.63, 3.8) is 0 Å². The van der Waals surface area contributed by atoms with E-state index in [1.807, 2.05) is 0 Å². The predicted molar refractivity (Wildman–Crippen MR) is 40.2 cm³/mol. The molecule has 3 nitrogen and oxygen atoms in total. The van der Waals surface area contributed by atoms with Gasteiger partial charge in [-0.15, -0.1) is 0 Å². The largest absolute Gasteiger partial charge is 0.392 e. The lowest BCUT2D eigenvalue weighted by Gasteiger charge is -2.25. The van der Waals surface area contributed by atoms with Crippen molar-refractivity contribution in [3.05, 3.63) is 0 Å². The zero-order chi connectivity index (χ0) is 8.10. The van der Waals surface area contributed by atoms with Gasteiger partial charge in [-0.3, -0.25) is 0 Å². The summed E-state index contributed by atoms with van der Waals surface area (Å²) >= 11 is 0. The molecule has 3 heteroatoms. The van der Waals surface area contributed by atoms with Gasteiger partial charge < -0.3 is 14.6 Å². The summed E-state index contributed by atoms with van der Waals surface area (Å²) < 4.78 is 5.17. The van der Waals surface area contributed by atoms with Gasteiger partial charge in [0.15, 0.2) is 0 Å². The van der Waals surface area contributed by atoms with Gasteiger partial charge in [0.05, 0.1) is 12.7 Å². The molecule has 0 spiro atoms. The van der Waals surface area contributed by atoms with E-state index in [1.54, 1.807) is 0 Å². The minimum atomic E-state index is -0.493. The third-order valence-corrected chi connectivity index (χ3v) is 2.08. The first-order valence-corrected chi connectivity index (χ1v) is 4.04. The highest BCUT2D eigenvalue weighted by atomic mass is 16.5. The molecule has 2 atom stereocenters. The van der Waals surface area contributed by atoms with E-state index in [-0.39, 0.29) is 12.3 Å². The third kappa shape index (κ3) is 2.60. The normalized spacial score (nSPS) is 27.9. The Hall–Kier alpha value is -0.410. The smallest absolute Gasteiger partial charge is 0.122 e. The van der Waals surface area contributed by atoms with Crippen molar-refractivity contribution in [2.75, 3.05) is 13.2 Å². The topological polar surface area (TPSA) is 46.5 Å². The average Bonchev–Trinajstić information content (AvgIpc) is 2.07. The van der Waals surface area contributed by atoms with Crippen molar-refractivity contribution in [1.29, 1.82) is 0 Å². The van der Waals surface area contributed by atoms with E-state index in [0.29, 0.717) is 6.61 Å². The minimum Gasteiger partial charge on any atom is -0.392 e. The van der Waals surface area contributed by atoms with Crippen LogP contribution in [0.15, 0.2) is 0 Å². The number of hydrogen-bond donors (Lipinski definition) is 1. The van der Waals surface area contributed by atoms with Crippen LogP contribution in [0.5, 0.6) is 0 Å². The quantitative estimate of drug-likeness (QED) is 0.603. The Morgan fingerprint density at radius 1 is 1.73 bits per heavy atom. The monoisotopic (exact) mass is 158 g/mol. The van der Waals surface area contributed by atoms with Crippen LogP contribution in [0, 0.1) is 5.92 Å². The molecule has 0 aromatic carbocycles. The zero-order valence-corrected chi connectivity index (χ0v) is 6.53. The molecule has 1 aliphatic heterocycles. The van der Waals surface area contributed by atoms with E-state index in [1.165, 1.54) is 0 Å². The van der Waals surface area contributed by atoms with Gasteiger partial charge in [-0.05, 0) is 12.8 Å². The number of carbonyl (C=O) groups is 1. The fraction of sp³-hybridized carbons (Fsp3) is 0.875. The van der Waals surface area contributed by atoms with Gasteiger partial charge >= 0.3 is 0 Å². The van der Waals surface area contributed by atoms with Crippen molar-refractivity contribution in [3.8, 4) is 0 Å². The average molecular weight is 158 g/mol. The van der Waals surface area contributed by atoms with Crippen LogP contribution in [-0.4, -0.2) is 30.7 Å². The van der Waals surface area contributed by atoms with E-state index in [9.17, 15) is 9.90 Å². The second kappa shape index (κ2) is 4.46. The molecule has 1 aliphatic rings. The molecule has 1 saturated heterocycles. The summed E-state index contributed by atoms with van der Waals surface area (Å²) in [7, 11) is 0. The number of ether oxygens (including phenoxy) is 1. The fourth-order valence-electron chi connectivity index (χ4n) is 1.36. The van der Waals surface area contributed by atoms with Gasteiger partial charge in [0.25, 0.3) is 0 Å². The Morgan fingerprint density at radius 2 is 2.55 bits per heavy atom. The molecule has 0 amide bonds. The van der Waals surface area contributed by atoms with Crippen LogP contribution < -0.4 is 0 Å². The van der Waals surface area contributed by atoms with E-state index >= 15 is 0 Å². The lowest BCUT2D eigenvalue weighted by Crippen LogP contribution is -2.29. The molecular formula is C8H14O3. The van der Waals surface area contributed by atoms with Gasteiger partial charge in [0, 0.05) is 18.9 Å². The molecule has 2 unspecified atom stereocenters. The highest BCUT2D eigenvalue weighted by molar-refractivity contribution is 5.50. The lowest BCUT2D eigenvalue weighted by molar-refractivity contribution is -0.111. The molecule has 0 aliphatic carbocycles. The van der Waals surface area contributed by atoms with Crippen LogP contribution in [0.2, 0.25) is 0 Å². The number of aliphatic hydroxyl groups excluding tert-OH is 1. The first kappa shape index (κ1) is 8.68. The summed E-state index contributed by atoms with van der Waals surface area (Å²) in [5.74, 6) is 0.175. The van der Waals surface area contributed by atoms with E-state index < -0.39 is 6.10 Å². The van der Waals surface area contributed by atoms with Crippen LogP contribution in [0.1, 0.15) is 19.3 Å². The maximum atomic E-state index is 10.1. The van der Waals surface area contributed by atoms with E-state index in [0.717, 1.165) is 25.7 Å². The molecule has 1 fully saturated rings. The number of carbonyl (C=O) groups excluding carboxylic acids is 1. The van der Waals surface area contributed by atoms with E-state index in [4.69, 9.17) is 4.74 Å². The summed E-state index contributed by atoms with van der Waals surface area (Å²) in [6.07, 6.45) is 2.50. The fourth-order valence-corrected chi connectivity index (χ4v) is 1.36. The van der Waals surface area contributed by atoms with Gasteiger partial charge in [-0.1, -0.05) is 0 Å². The highest BCUT2D eigenvalue weighted by Crippen LogP contribution is 2.18. The molecule has 0 aromatic heterocycles. The van der Waals surface area contributed by atoms with Crippen molar-refractivity contribution in [2.24, 2.45) is 5.92 Å². The summed E-state index contributed by atoms with van der Waals surface area (Å²) in [6, 6.07) is 0. The van der Waals surface area contributed by atoms with Gasteiger partial charge in [-0.25, -0.2) is 0 Å². The first-order valence-electron chi connectivity index (χ1n) is 4.04. The number of rotatable bonds is 3. The summed E-state index contributed by atoms with van der Waals surface area (Å²) in [6.45, 7) is 1.40. The summed E-state index contributed by atoms with van der Waals surface area (Å²) in [5, 5.41) is 9.36. The number of aliphatic hydroxyl groups is 1. The molecular weight excluding hydrogens is 144 g/mol. The number of aldehydes is 1. The molecule has 1 rings (SSSR count). The third-order valence-electron chi connectivity index (χ3n) is 2.08. The minimum absolute atomic E-state index is 0.175. The SMILES string of the molecule is O=CCC(O)C1CCCOC1. The molecule has 0 bridgehead atoms. The van der Waals surface area contributed by atoms with Gasteiger partial charge in [0.2, 0.25) is 0 Å². The van der Waals surface area contributed by atoms with Crippen molar-refractivity contribution >= 4 is 6.29 Å². The first-order chi connectivity index (χ1) is 5.34. The molecule has 1 N–H and O–H groups in total. The van der Waals surface area contributed by atoms with Crippen molar-refractivity contribution < 1.29 is 14.6 Å². The predicted octanol–water partition coefficient (Wildman–Crippen LogP) is 0.363. The van der Waals surface area contributed by atoms with Crippen molar-refractivity contribution in [2.45, 2.75) is 25.4 Å². The van der Waals surface area contributed by atoms with Crippen LogP contribution in [0.25, 0.3) is 0 Å². The lowest BCUT2D eigenvalue weighted by atomic mass is 9.94. The zero-order valence-electron chi connectivity index (χ0n) is 6.53.